The third kappa shape index (κ3) is 1.79. The molecule has 0 radical (unpaired) electrons. The minimum absolute atomic E-state index is 0.321. The van der Waals surface area contributed by atoms with E-state index in [1.807, 2.05) is 12.1 Å². The molecule has 1 fully saturated rings. The summed E-state index contributed by atoms with van der Waals surface area (Å²) in [6.07, 6.45) is 1.09. The minimum Gasteiger partial charge on any atom is -0.508 e. The van der Waals surface area contributed by atoms with Gasteiger partial charge in [0.05, 0.1) is 0 Å². The monoisotopic (exact) mass is 197 g/mol. The van der Waals surface area contributed by atoms with Gasteiger partial charge >= 0.3 is 0 Å². The van der Waals surface area contributed by atoms with Gasteiger partial charge < -0.3 is 10.4 Å². The number of hydrogen-bond acceptors (Lipinski definition) is 2. The molecule has 70 valence electrons. The first-order chi connectivity index (χ1) is 6.27. The Morgan fingerprint density at radius 2 is 2.31 bits per heavy atom. The van der Waals surface area contributed by atoms with Crippen molar-refractivity contribution in [2.24, 2.45) is 0 Å². The molecular formula is C10H12ClNO. The van der Waals surface area contributed by atoms with Crippen LogP contribution in [-0.2, 0) is 0 Å². The summed E-state index contributed by atoms with van der Waals surface area (Å²) in [5.74, 6) is 0.762. The van der Waals surface area contributed by atoms with Gasteiger partial charge in [-0.15, -0.1) is 0 Å². The molecule has 1 aliphatic rings. The minimum atomic E-state index is 0.321. The largest absolute Gasteiger partial charge is 0.508 e. The van der Waals surface area contributed by atoms with E-state index in [9.17, 15) is 5.11 Å². The maximum Gasteiger partial charge on any atom is 0.120 e. The zero-order chi connectivity index (χ0) is 9.26. The summed E-state index contributed by atoms with van der Waals surface area (Å²) in [4.78, 5) is 0. The molecule has 1 saturated heterocycles. The summed E-state index contributed by atoms with van der Waals surface area (Å²) < 4.78 is 0. The lowest BCUT2D eigenvalue weighted by Gasteiger charge is -2.10. The summed E-state index contributed by atoms with van der Waals surface area (Å²) in [5, 5.41) is 13.5. The highest BCUT2D eigenvalue weighted by atomic mass is 35.5. The number of phenolic OH excluding ortho intramolecular Hbond substituents is 1. The Kier molecular flexibility index (Phi) is 2.42. The van der Waals surface area contributed by atoms with Gasteiger partial charge in [0.2, 0.25) is 0 Å². The second-order valence-corrected chi connectivity index (χ2v) is 3.83. The number of rotatable bonds is 1. The molecule has 2 rings (SSSR count). The Morgan fingerprint density at radius 3 is 2.92 bits per heavy atom. The maximum absolute atomic E-state index is 9.64. The predicted octanol–water partition coefficient (Wildman–Crippen LogP) is 2.12. The molecule has 13 heavy (non-hydrogen) atoms. The van der Waals surface area contributed by atoms with Gasteiger partial charge in [0.1, 0.15) is 5.75 Å². The number of halogens is 1. The lowest BCUT2D eigenvalue weighted by Crippen LogP contribution is -2.07. The van der Waals surface area contributed by atoms with Gasteiger partial charge in [0, 0.05) is 17.5 Å². The molecular weight excluding hydrogens is 186 g/mol. The Balaban J connectivity index is 2.29. The van der Waals surface area contributed by atoms with Crippen molar-refractivity contribution in [3.05, 3.63) is 28.8 Å². The molecule has 2 N–H and O–H groups in total. The van der Waals surface area contributed by atoms with E-state index >= 15 is 0 Å². The van der Waals surface area contributed by atoms with E-state index in [0.29, 0.717) is 16.7 Å². The van der Waals surface area contributed by atoms with Gasteiger partial charge in [0.15, 0.2) is 0 Å². The summed E-state index contributed by atoms with van der Waals surface area (Å²) in [5.41, 5.74) is 1.01. The van der Waals surface area contributed by atoms with E-state index in [1.165, 1.54) is 0 Å². The molecule has 1 heterocycles. The van der Waals surface area contributed by atoms with Gasteiger partial charge in [-0.1, -0.05) is 17.7 Å². The number of benzene rings is 1. The average Bonchev–Trinajstić information content (AvgIpc) is 2.56. The number of phenols is 1. The molecule has 1 atom stereocenters. The summed E-state index contributed by atoms with van der Waals surface area (Å²) in [6.45, 7) is 1.99. The van der Waals surface area contributed by atoms with Crippen LogP contribution in [0.5, 0.6) is 5.75 Å². The fraction of sp³-hybridized carbons (Fsp3) is 0.400. The summed E-state index contributed by atoms with van der Waals surface area (Å²) in [6, 6.07) is 5.35. The van der Waals surface area contributed by atoms with Crippen molar-refractivity contribution >= 4 is 11.6 Å². The molecule has 0 aliphatic carbocycles. The molecule has 0 saturated carbocycles. The Bertz CT molecular complexity index is 308. The molecule has 2 nitrogen and oxygen atoms in total. The summed E-state index contributed by atoms with van der Waals surface area (Å²) in [7, 11) is 0. The van der Waals surface area contributed by atoms with Crippen LogP contribution in [0.15, 0.2) is 18.2 Å². The fourth-order valence-electron chi connectivity index (χ4n) is 1.78. The van der Waals surface area contributed by atoms with Gasteiger partial charge in [-0.3, -0.25) is 0 Å². The predicted molar refractivity (Wildman–Crippen MR) is 53.3 cm³/mol. The van der Waals surface area contributed by atoms with Crippen LogP contribution in [0.3, 0.4) is 0 Å². The van der Waals surface area contributed by atoms with E-state index in [1.54, 1.807) is 6.07 Å². The molecule has 0 aromatic heterocycles. The highest BCUT2D eigenvalue weighted by Gasteiger charge is 2.19. The lowest BCUT2D eigenvalue weighted by molar-refractivity contribution is 0.463. The van der Waals surface area contributed by atoms with Crippen LogP contribution < -0.4 is 5.32 Å². The molecule has 1 aromatic carbocycles. The van der Waals surface area contributed by atoms with Crippen LogP contribution in [0.1, 0.15) is 17.9 Å². The van der Waals surface area contributed by atoms with E-state index in [0.717, 1.165) is 25.1 Å². The van der Waals surface area contributed by atoms with Gasteiger partial charge in [-0.05, 0) is 30.7 Å². The van der Waals surface area contributed by atoms with Crippen LogP contribution >= 0.6 is 11.6 Å². The molecule has 1 aromatic rings. The topological polar surface area (TPSA) is 32.3 Å². The Hall–Kier alpha value is -0.730. The molecule has 1 aliphatic heterocycles. The van der Waals surface area contributed by atoms with Gasteiger partial charge in [-0.2, -0.15) is 0 Å². The van der Waals surface area contributed by atoms with Crippen LogP contribution in [0, 0.1) is 0 Å². The quantitative estimate of drug-likeness (QED) is 0.723. The first kappa shape index (κ1) is 8.85. The van der Waals surface area contributed by atoms with E-state index in [4.69, 9.17) is 11.6 Å². The van der Waals surface area contributed by atoms with Crippen molar-refractivity contribution in [3.63, 3.8) is 0 Å². The lowest BCUT2D eigenvalue weighted by atomic mass is 9.98. The Morgan fingerprint density at radius 1 is 1.46 bits per heavy atom. The molecule has 0 unspecified atom stereocenters. The first-order valence-electron chi connectivity index (χ1n) is 4.46. The molecule has 0 amide bonds. The van der Waals surface area contributed by atoms with Gasteiger partial charge in [0.25, 0.3) is 0 Å². The van der Waals surface area contributed by atoms with E-state index in [2.05, 4.69) is 5.32 Å². The van der Waals surface area contributed by atoms with Crippen LogP contribution in [0.25, 0.3) is 0 Å². The fourth-order valence-corrected chi connectivity index (χ4v) is 1.95. The van der Waals surface area contributed by atoms with Crippen molar-refractivity contribution < 1.29 is 5.11 Å². The molecule has 3 heteroatoms. The zero-order valence-corrected chi connectivity index (χ0v) is 8.01. The highest BCUT2D eigenvalue weighted by molar-refractivity contribution is 6.30. The second-order valence-electron chi connectivity index (χ2n) is 3.39. The van der Waals surface area contributed by atoms with Crippen molar-refractivity contribution in [1.29, 1.82) is 0 Å². The third-order valence-corrected chi connectivity index (χ3v) is 2.73. The maximum atomic E-state index is 9.64. The smallest absolute Gasteiger partial charge is 0.120 e. The average molecular weight is 198 g/mol. The van der Waals surface area contributed by atoms with Crippen molar-refractivity contribution in [3.8, 4) is 5.75 Å². The van der Waals surface area contributed by atoms with E-state index < -0.39 is 0 Å². The number of aromatic hydroxyl groups is 1. The SMILES string of the molecule is Oc1cc(Cl)ccc1[C@H]1CCNC1. The van der Waals surface area contributed by atoms with Gasteiger partial charge in [-0.25, -0.2) is 0 Å². The molecule has 0 spiro atoms. The second kappa shape index (κ2) is 3.56. The molecule has 0 bridgehead atoms. The van der Waals surface area contributed by atoms with Crippen molar-refractivity contribution in [2.75, 3.05) is 13.1 Å². The zero-order valence-electron chi connectivity index (χ0n) is 7.26. The number of nitrogens with one attached hydrogen (secondary N) is 1. The first-order valence-corrected chi connectivity index (χ1v) is 4.84. The summed E-state index contributed by atoms with van der Waals surface area (Å²) >= 11 is 5.75. The highest BCUT2D eigenvalue weighted by Crippen LogP contribution is 2.31. The van der Waals surface area contributed by atoms with Crippen molar-refractivity contribution in [2.45, 2.75) is 12.3 Å². The third-order valence-electron chi connectivity index (χ3n) is 2.49. The van der Waals surface area contributed by atoms with Crippen LogP contribution in [-0.4, -0.2) is 18.2 Å². The number of hydrogen-bond donors (Lipinski definition) is 2. The van der Waals surface area contributed by atoms with E-state index in [-0.39, 0.29) is 0 Å². The Labute approximate surface area is 82.5 Å². The van der Waals surface area contributed by atoms with Crippen molar-refractivity contribution in [1.82, 2.24) is 5.32 Å². The van der Waals surface area contributed by atoms with Crippen LogP contribution in [0.4, 0.5) is 0 Å². The normalized spacial score (nSPS) is 22.1. The van der Waals surface area contributed by atoms with Crippen LogP contribution in [0.2, 0.25) is 5.02 Å². The standard InChI is InChI=1S/C10H12ClNO/c11-8-1-2-9(10(13)5-8)7-3-4-12-6-7/h1-2,5,7,12-13H,3-4,6H2/t7-/m0/s1.